The molecule has 0 saturated heterocycles. The zero-order chi connectivity index (χ0) is 23.4. The highest BCUT2D eigenvalue weighted by Crippen LogP contribution is 2.61. The van der Waals surface area contributed by atoms with Crippen LogP contribution in [0.5, 0.6) is 0 Å². The number of hydrogen-bond acceptors (Lipinski definition) is 2. The third-order valence-electron chi connectivity index (χ3n) is 4.81. The monoisotopic (exact) mass is 472 g/mol. The molecule has 0 spiro atoms. The summed E-state index contributed by atoms with van der Waals surface area (Å²) in [7, 11) is 0. The number of halogens is 11. The molecule has 1 aliphatic rings. The largest absolute Gasteiger partial charge is 0.460 e. The topological polar surface area (TPSA) is 26.3 Å². The van der Waals surface area contributed by atoms with Gasteiger partial charge < -0.3 is 4.74 Å². The number of hydrogen-bond donors (Lipinski definition) is 0. The highest BCUT2D eigenvalue weighted by Gasteiger charge is 2.65. The van der Waals surface area contributed by atoms with Gasteiger partial charge in [-0.05, 0) is 11.3 Å². The first-order valence-corrected chi connectivity index (χ1v) is 8.33. The second-order valence-electron chi connectivity index (χ2n) is 7.07. The standard InChI is InChI=1S/C17H11ClF10O2/c1-15(2)6(3-7(18)16(24,25)17(26,27)28)8(15)14(29)30-4-5-9(19)11(21)13(23)12(22)10(5)20/h3,6,8H,4H2,1-2H3/b7-3-. The van der Waals surface area contributed by atoms with Crippen molar-refractivity contribution in [2.24, 2.45) is 17.3 Å². The van der Waals surface area contributed by atoms with E-state index in [0.29, 0.717) is 6.08 Å². The summed E-state index contributed by atoms with van der Waals surface area (Å²) in [5.41, 5.74) is -2.68. The number of alkyl halides is 5. The van der Waals surface area contributed by atoms with Crippen molar-refractivity contribution in [2.45, 2.75) is 32.6 Å². The Labute approximate surface area is 167 Å². The van der Waals surface area contributed by atoms with Gasteiger partial charge in [0.25, 0.3) is 0 Å². The van der Waals surface area contributed by atoms with Gasteiger partial charge >= 0.3 is 18.1 Å². The van der Waals surface area contributed by atoms with Gasteiger partial charge in [0, 0.05) is 0 Å². The third-order valence-corrected chi connectivity index (χ3v) is 5.17. The number of allylic oxidation sites excluding steroid dienone is 2. The Hall–Kier alpha value is -1.98. The molecule has 1 aromatic carbocycles. The van der Waals surface area contributed by atoms with E-state index in [4.69, 9.17) is 11.6 Å². The summed E-state index contributed by atoms with van der Waals surface area (Å²) < 4.78 is 134. The molecule has 0 heterocycles. The molecule has 0 N–H and O–H groups in total. The SMILES string of the molecule is CC1(C)C(/C=C(\Cl)C(F)(F)C(F)(F)F)C1C(=O)OCc1c(F)c(F)c(F)c(F)c1F. The van der Waals surface area contributed by atoms with Crippen LogP contribution in [0.25, 0.3) is 0 Å². The van der Waals surface area contributed by atoms with Crippen molar-refractivity contribution < 1.29 is 53.4 Å². The predicted molar refractivity (Wildman–Crippen MR) is 81.7 cm³/mol. The van der Waals surface area contributed by atoms with Crippen LogP contribution in [-0.4, -0.2) is 18.1 Å². The number of carbonyl (C=O) groups is 1. The smallest absolute Gasteiger partial charge is 0.459 e. The van der Waals surface area contributed by atoms with Crippen LogP contribution in [0.1, 0.15) is 19.4 Å². The van der Waals surface area contributed by atoms with Gasteiger partial charge in [-0.25, -0.2) is 22.0 Å². The lowest BCUT2D eigenvalue weighted by Crippen LogP contribution is -2.36. The van der Waals surface area contributed by atoms with E-state index < -0.39 is 81.6 Å². The van der Waals surface area contributed by atoms with Gasteiger partial charge in [0.2, 0.25) is 5.82 Å². The Balaban J connectivity index is 2.19. The molecule has 2 atom stereocenters. The van der Waals surface area contributed by atoms with Crippen LogP contribution in [0.15, 0.2) is 11.1 Å². The van der Waals surface area contributed by atoms with Crippen LogP contribution in [0.2, 0.25) is 0 Å². The molecule has 1 aliphatic carbocycles. The van der Waals surface area contributed by atoms with Crippen LogP contribution in [0.4, 0.5) is 43.9 Å². The lowest BCUT2D eigenvalue weighted by atomic mass is 10.1. The molecule has 1 fully saturated rings. The summed E-state index contributed by atoms with van der Waals surface area (Å²) in [5, 5.41) is -1.89. The van der Waals surface area contributed by atoms with Crippen molar-refractivity contribution in [1.82, 2.24) is 0 Å². The van der Waals surface area contributed by atoms with Crippen molar-refractivity contribution in [3.63, 3.8) is 0 Å². The normalized spacial score (nSPS) is 21.6. The number of esters is 1. The molecule has 0 aromatic heterocycles. The van der Waals surface area contributed by atoms with Crippen LogP contribution in [0.3, 0.4) is 0 Å². The van der Waals surface area contributed by atoms with Gasteiger partial charge in [0.1, 0.15) is 6.61 Å². The van der Waals surface area contributed by atoms with Crippen LogP contribution < -0.4 is 0 Å². The molecule has 1 aromatic rings. The quantitative estimate of drug-likeness (QED) is 0.227. The Morgan fingerprint density at radius 1 is 0.967 bits per heavy atom. The van der Waals surface area contributed by atoms with E-state index in [0.717, 1.165) is 0 Å². The molecule has 13 heteroatoms. The minimum Gasteiger partial charge on any atom is -0.460 e. The summed E-state index contributed by atoms with van der Waals surface area (Å²) in [6.45, 7) is 1.18. The number of carbonyl (C=O) groups excluding carboxylic acids is 1. The van der Waals surface area contributed by atoms with Crippen LogP contribution in [-0.2, 0) is 16.1 Å². The molecule has 1 saturated carbocycles. The maximum atomic E-state index is 13.6. The third kappa shape index (κ3) is 3.97. The van der Waals surface area contributed by atoms with E-state index in [2.05, 4.69) is 4.74 Å². The molecule has 2 rings (SSSR count). The molecule has 168 valence electrons. The highest BCUT2D eigenvalue weighted by atomic mass is 35.5. The van der Waals surface area contributed by atoms with Crippen molar-refractivity contribution in [1.29, 1.82) is 0 Å². The van der Waals surface area contributed by atoms with Crippen molar-refractivity contribution in [3.8, 4) is 0 Å². The fraction of sp³-hybridized carbons (Fsp3) is 0.471. The van der Waals surface area contributed by atoms with Gasteiger partial charge in [-0.3, -0.25) is 4.79 Å². The summed E-state index contributed by atoms with van der Waals surface area (Å²) in [6, 6.07) is 0. The minimum atomic E-state index is -5.98. The van der Waals surface area contributed by atoms with Gasteiger partial charge in [-0.15, -0.1) is 0 Å². The predicted octanol–water partition coefficient (Wildman–Crippen LogP) is 6.02. The molecule has 0 aliphatic heterocycles. The Morgan fingerprint density at radius 3 is 1.83 bits per heavy atom. The fourth-order valence-electron chi connectivity index (χ4n) is 2.85. The second-order valence-corrected chi connectivity index (χ2v) is 7.47. The van der Waals surface area contributed by atoms with Gasteiger partial charge in [-0.1, -0.05) is 31.5 Å². The lowest BCUT2D eigenvalue weighted by molar-refractivity contribution is -0.261. The van der Waals surface area contributed by atoms with Crippen molar-refractivity contribution >= 4 is 17.6 Å². The van der Waals surface area contributed by atoms with E-state index >= 15 is 0 Å². The zero-order valence-corrected chi connectivity index (χ0v) is 15.7. The first-order chi connectivity index (χ1) is 13.5. The molecule has 0 amide bonds. The number of rotatable bonds is 5. The lowest BCUT2D eigenvalue weighted by Gasteiger charge is -2.18. The summed E-state index contributed by atoms with van der Waals surface area (Å²) in [6.07, 6.45) is -5.67. The number of benzene rings is 1. The van der Waals surface area contributed by atoms with E-state index in [-0.39, 0.29) is 0 Å². The summed E-state index contributed by atoms with van der Waals surface area (Å²) in [5.74, 6) is -20.7. The molecule has 30 heavy (non-hydrogen) atoms. The summed E-state index contributed by atoms with van der Waals surface area (Å²) >= 11 is 5.07. The Kier molecular flexibility index (Phi) is 6.16. The van der Waals surface area contributed by atoms with Gasteiger partial charge in [0.15, 0.2) is 23.3 Å². The van der Waals surface area contributed by atoms with Crippen LogP contribution >= 0.6 is 11.6 Å². The van der Waals surface area contributed by atoms with E-state index in [1.165, 1.54) is 13.8 Å². The molecule has 0 bridgehead atoms. The average Bonchev–Trinajstić information content (AvgIpc) is 3.17. The summed E-state index contributed by atoms with van der Waals surface area (Å²) in [4.78, 5) is 12.1. The Morgan fingerprint density at radius 2 is 1.40 bits per heavy atom. The molecule has 2 nitrogen and oxygen atoms in total. The molecule has 0 radical (unpaired) electrons. The van der Waals surface area contributed by atoms with E-state index in [9.17, 15) is 48.7 Å². The van der Waals surface area contributed by atoms with Crippen molar-refractivity contribution in [3.05, 3.63) is 45.8 Å². The first-order valence-electron chi connectivity index (χ1n) is 7.95. The van der Waals surface area contributed by atoms with Gasteiger partial charge in [0.05, 0.1) is 16.5 Å². The molecular weight excluding hydrogens is 462 g/mol. The first kappa shape index (κ1) is 24.3. The average molecular weight is 473 g/mol. The fourth-order valence-corrected chi connectivity index (χ4v) is 3.09. The van der Waals surface area contributed by atoms with Crippen LogP contribution in [0, 0.1) is 46.3 Å². The number of ether oxygens (including phenoxy) is 1. The van der Waals surface area contributed by atoms with Crippen molar-refractivity contribution in [2.75, 3.05) is 0 Å². The zero-order valence-electron chi connectivity index (χ0n) is 14.9. The van der Waals surface area contributed by atoms with Gasteiger partial charge in [-0.2, -0.15) is 22.0 Å². The minimum absolute atomic E-state index is 0.319. The maximum absolute atomic E-state index is 13.6. The Bertz CT molecular complexity index is 878. The molecular formula is C17H11ClF10O2. The van der Waals surface area contributed by atoms with E-state index in [1.54, 1.807) is 0 Å². The highest BCUT2D eigenvalue weighted by molar-refractivity contribution is 6.30. The molecule has 2 unspecified atom stereocenters. The maximum Gasteiger partial charge on any atom is 0.459 e. The van der Waals surface area contributed by atoms with E-state index in [1.807, 2.05) is 0 Å². The second kappa shape index (κ2) is 7.61.